The summed E-state index contributed by atoms with van der Waals surface area (Å²) in [6, 6.07) is 21.8. The average molecular weight is 453 g/mol. The fraction of sp³-hybridized carbons (Fsp3) is 0.269. The van der Waals surface area contributed by atoms with Gasteiger partial charge in [0.15, 0.2) is 0 Å². The largest absolute Gasteiger partial charge is 0.352 e. The van der Waals surface area contributed by atoms with E-state index in [0.717, 1.165) is 24.1 Å². The lowest BCUT2D eigenvalue weighted by Gasteiger charge is -2.14. The highest BCUT2D eigenvalue weighted by molar-refractivity contribution is 6.42. The van der Waals surface area contributed by atoms with Crippen LogP contribution in [0.25, 0.3) is 11.1 Å². The second-order valence-corrected chi connectivity index (χ2v) is 8.83. The van der Waals surface area contributed by atoms with E-state index >= 15 is 0 Å². The van der Waals surface area contributed by atoms with Crippen molar-refractivity contribution in [2.24, 2.45) is 0 Å². The van der Waals surface area contributed by atoms with Crippen LogP contribution >= 0.6 is 23.2 Å². The Bertz CT molecular complexity index is 1030. The first-order chi connectivity index (χ1) is 15.1. The molecular formula is C26H26Cl2N2O. The Balaban J connectivity index is 1.27. The Hall–Kier alpha value is -2.33. The van der Waals surface area contributed by atoms with Gasteiger partial charge in [0.05, 0.1) is 10.0 Å². The van der Waals surface area contributed by atoms with E-state index in [0.29, 0.717) is 22.2 Å². The first kappa shape index (κ1) is 21.9. The van der Waals surface area contributed by atoms with Crippen LogP contribution < -0.4 is 5.32 Å². The van der Waals surface area contributed by atoms with Crippen molar-refractivity contribution >= 4 is 29.1 Å². The van der Waals surface area contributed by atoms with Gasteiger partial charge in [0.1, 0.15) is 0 Å². The normalized spacial score (nSPS) is 14.0. The van der Waals surface area contributed by atoms with Crippen LogP contribution in [0.15, 0.2) is 66.7 Å². The van der Waals surface area contributed by atoms with E-state index in [1.54, 1.807) is 6.07 Å². The molecule has 5 heteroatoms. The molecule has 3 aromatic carbocycles. The van der Waals surface area contributed by atoms with Crippen molar-refractivity contribution in [3.63, 3.8) is 0 Å². The second-order valence-electron chi connectivity index (χ2n) is 8.01. The molecule has 4 rings (SSSR count). The van der Waals surface area contributed by atoms with Crippen molar-refractivity contribution in [2.75, 3.05) is 19.6 Å². The maximum atomic E-state index is 12.5. The highest BCUT2D eigenvalue weighted by Gasteiger charge is 2.11. The van der Waals surface area contributed by atoms with Gasteiger partial charge in [0.2, 0.25) is 0 Å². The number of nitrogens with one attached hydrogen (secondary N) is 1. The molecule has 0 unspecified atom stereocenters. The summed E-state index contributed by atoms with van der Waals surface area (Å²) in [7, 11) is 0. The molecule has 0 saturated carbocycles. The minimum atomic E-state index is -0.0636. The van der Waals surface area contributed by atoms with Crippen LogP contribution in [0.3, 0.4) is 0 Å². The van der Waals surface area contributed by atoms with Gasteiger partial charge in [-0.25, -0.2) is 0 Å². The minimum Gasteiger partial charge on any atom is -0.352 e. The summed E-state index contributed by atoms with van der Waals surface area (Å²) >= 11 is 12.1. The van der Waals surface area contributed by atoms with Gasteiger partial charge < -0.3 is 5.32 Å². The Labute approximate surface area is 194 Å². The Morgan fingerprint density at radius 2 is 1.45 bits per heavy atom. The van der Waals surface area contributed by atoms with Gasteiger partial charge in [-0.3, -0.25) is 9.69 Å². The Morgan fingerprint density at radius 1 is 0.806 bits per heavy atom. The predicted octanol–water partition coefficient (Wildman–Crippen LogP) is 6.23. The number of nitrogens with zero attached hydrogens (tertiary/aromatic N) is 1. The molecule has 1 aliphatic heterocycles. The van der Waals surface area contributed by atoms with Crippen LogP contribution in [0, 0.1) is 0 Å². The number of amides is 1. The summed E-state index contributed by atoms with van der Waals surface area (Å²) in [5.41, 5.74) is 5.20. The average Bonchev–Trinajstić information content (AvgIpc) is 3.30. The SMILES string of the molecule is O=C(NCCc1ccc(CN2CCCC2)cc1)c1ccc(-c2ccc(Cl)c(Cl)c2)cc1. The zero-order chi connectivity index (χ0) is 21.6. The predicted molar refractivity (Wildman–Crippen MR) is 129 cm³/mol. The van der Waals surface area contributed by atoms with E-state index in [2.05, 4.69) is 34.5 Å². The maximum Gasteiger partial charge on any atom is 0.251 e. The molecule has 31 heavy (non-hydrogen) atoms. The van der Waals surface area contributed by atoms with Gasteiger partial charge in [0.25, 0.3) is 5.91 Å². The highest BCUT2D eigenvalue weighted by atomic mass is 35.5. The molecule has 0 aliphatic carbocycles. The number of carbonyl (C=O) groups is 1. The molecule has 1 fully saturated rings. The molecule has 0 radical (unpaired) electrons. The quantitative estimate of drug-likeness (QED) is 0.460. The maximum absolute atomic E-state index is 12.5. The van der Waals surface area contributed by atoms with Crippen molar-refractivity contribution in [3.8, 4) is 11.1 Å². The lowest BCUT2D eigenvalue weighted by Crippen LogP contribution is -2.25. The summed E-state index contributed by atoms with van der Waals surface area (Å²) in [4.78, 5) is 15.0. The number of likely N-dealkylation sites (tertiary alicyclic amines) is 1. The van der Waals surface area contributed by atoms with Crippen molar-refractivity contribution in [1.82, 2.24) is 10.2 Å². The van der Waals surface area contributed by atoms with E-state index in [9.17, 15) is 4.79 Å². The van der Waals surface area contributed by atoms with Crippen LogP contribution in [0.1, 0.15) is 34.3 Å². The summed E-state index contributed by atoms with van der Waals surface area (Å²) in [5.74, 6) is -0.0636. The van der Waals surface area contributed by atoms with Crippen LogP contribution in [0.5, 0.6) is 0 Å². The van der Waals surface area contributed by atoms with E-state index < -0.39 is 0 Å². The molecule has 0 spiro atoms. The molecule has 160 valence electrons. The van der Waals surface area contributed by atoms with Gasteiger partial charge in [0, 0.05) is 18.7 Å². The van der Waals surface area contributed by atoms with E-state index in [1.807, 2.05) is 36.4 Å². The number of rotatable bonds is 7. The minimum absolute atomic E-state index is 0.0636. The first-order valence-electron chi connectivity index (χ1n) is 10.7. The fourth-order valence-corrected chi connectivity index (χ4v) is 4.22. The third kappa shape index (κ3) is 5.88. The summed E-state index contributed by atoms with van der Waals surface area (Å²) in [6.45, 7) is 4.07. The second kappa shape index (κ2) is 10.3. The molecule has 1 amide bonds. The number of hydrogen-bond donors (Lipinski definition) is 1. The van der Waals surface area contributed by atoms with Crippen molar-refractivity contribution in [2.45, 2.75) is 25.8 Å². The molecule has 1 heterocycles. The zero-order valence-electron chi connectivity index (χ0n) is 17.4. The third-order valence-corrected chi connectivity index (χ3v) is 6.47. The lowest BCUT2D eigenvalue weighted by molar-refractivity contribution is 0.0954. The van der Waals surface area contributed by atoms with Gasteiger partial charge >= 0.3 is 0 Å². The van der Waals surface area contributed by atoms with Crippen molar-refractivity contribution < 1.29 is 4.79 Å². The Morgan fingerprint density at radius 3 is 2.13 bits per heavy atom. The highest BCUT2D eigenvalue weighted by Crippen LogP contribution is 2.28. The fourth-order valence-electron chi connectivity index (χ4n) is 3.92. The molecule has 3 nitrogen and oxygen atoms in total. The van der Waals surface area contributed by atoms with Crippen LogP contribution in [0.2, 0.25) is 10.0 Å². The van der Waals surface area contributed by atoms with Crippen LogP contribution in [-0.4, -0.2) is 30.4 Å². The van der Waals surface area contributed by atoms with Gasteiger partial charge in [-0.2, -0.15) is 0 Å². The topological polar surface area (TPSA) is 32.3 Å². The molecule has 0 bridgehead atoms. The summed E-state index contributed by atoms with van der Waals surface area (Å²) in [5, 5.41) is 4.06. The van der Waals surface area contributed by atoms with Gasteiger partial charge in [-0.1, -0.05) is 65.7 Å². The van der Waals surface area contributed by atoms with Gasteiger partial charge in [-0.15, -0.1) is 0 Å². The lowest BCUT2D eigenvalue weighted by atomic mass is 10.0. The summed E-state index contributed by atoms with van der Waals surface area (Å²) < 4.78 is 0. The monoisotopic (exact) mass is 452 g/mol. The molecule has 0 atom stereocenters. The molecular weight excluding hydrogens is 427 g/mol. The summed E-state index contributed by atoms with van der Waals surface area (Å²) in [6.07, 6.45) is 3.45. The molecule has 3 aromatic rings. The smallest absolute Gasteiger partial charge is 0.251 e. The van der Waals surface area contributed by atoms with E-state index in [1.165, 1.54) is 37.1 Å². The third-order valence-electron chi connectivity index (χ3n) is 5.73. The zero-order valence-corrected chi connectivity index (χ0v) is 18.9. The van der Waals surface area contributed by atoms with Gasteiger partial charge in [-0.05, 0) is 78.9 Å². The van der Waals surface area contributed by atoms with Crippen molar-refractivity contribution in [1.29, 1.82) is 0 Å². The molecule has 1 aliphatic rings. The molecule has 1 saturated heterocycles. The standard InChI is InChI=1S/C26H26Cl2N2O/c27-24-12-11-23(17-25(24)28)21-7-9-22(10-8-21)26(31)29-14-13-19-3-5-20(6-4-19)18-30-15-1-2-16-30/h3-12,17H,1-2,13-16,18H2,(H,29,31). The van der Waals surface area contributed by atoms with E-state index in [-0.39, 0.29) is 5.91 Å². The number of hydrogen-bond acceptors (Lipinski definition) is 2. The van der Waals surface area contributed by atoms with E-state index in [4.69, 9.17) is 23.2 Å². The number of halogens is 2. The molecule has 1 N–H and O–H groups in total. The first-order valence-corrected chi connectivity index (χ1v) is 11.5. The Kier molecular flexibility index (Phi) is 7.29. The van der Waals surface area contributed by atoms with Crippen LogP contribution in [-0.2, 0) is 13.0 Å². The van der Waals surface area contributed by atoms with Crippen LogP contribution in [0.4, 0.5) is 0 Å². The van der Waals surface area contributed by atoms with Crippen molar-refractivity contribution in [3.05, 3.63) is 93.5 Å². The number of carbonyl (C=O) groups excluding carboxylic acids is 1. The number of benzene rings is 3. The molecule has 0 aromatic heterocycles.